The van der Waals surface area contributed by atoms with Gasteiger partial charge in [0.1, 0.15) is 0 Å². The van der Waals surface area contributed by atoms with E-state index in [1.165, 1.54) is 0 Å². The summed E-state index contributed by atoms with van der Waals surface area (Å²) in [5, 5.41) is 2.71. The van der Waals surface area contributed by atoms with Crippen LogP contribution in [0.3, 0.4) is 0 Å². The maximum atomic E-state index is 12.8. The van der Waals surface area contributed by atoms with Crippen LogP contribution in [0.5, 0.6) is 0 Å². The lowest BCUT2D eigenvalue weighted by molar-refractivity contribution is -0.137. The number of carbonyl (C=O) groups excluding carboxylic acids is 2. The van der Waals surface area contributed by atoms with Gasteiger partial charge in [0.25, 0.3) is 0 Å². The molecule has 7 nitrogen and oxygen atoms in total. The van der Waals surface area contributed by atoms with Gasteiger partial charge < -0.3 is 25.4 Å². The van der Waals surface area contributed by atoms with Crippen molar-refractivity contribution in [2.45, 2.75) is 38.5 Å². The first-order valence-corrected chi connectivity index (χ1v) is 9.17. The quantitative estimate of drug-likeness (QED) is 0.835. The van der Waals surface area contributed by atoms with Gasteiger partial charge in [-0.25, -0.2) is 4.79 Å². The van der Waals surface area contributed by atoms with Gasteiger partial charge >= 0.3 is 6.03 Å². The Hall–Kier alpha value is -2.12. The van der Waals surface area contributed by atoms with Crippen molar-refractivity contribution in [2.24, 2.45) is 11.7 Å². The number of nitrogens with one attached hydrogen (secondary N) is 1. The van der Waals surface area contributed by atoms with E-state index in [2.05, 4.69) is 5.32 Å². The second kappa shape index (κ2) is 8.51. The predicted octanol–water partition coefficient (Wildman–Crippen LogP) is 1.71. The Morgan fingerprint density at radius 2 is 1.88 bits per heavy atom. The Balaban J connectivity index is 1.59. The Morgan fingerprint density at radius 1 is 1.23 bits per heavy atom. The molecule has 0 spiro atoms. The fraction of sp³-hybridized carbons (Fsp3) is 0.579. The maximum absolute atomic E-state index is 12.8. The lowest BCUT2D eigenvalue weighted by Gasteiger charge is -2.34. The van der Waals surface area contributed by atoms with E-state index in [1.807, 2.05) is 36.1 Å². The summed E-state index contributed by atoms with van der Waals surface area (Å²) in [6.45, 7) is 4.64. The number of hydrogen-bond acceptors (Lipinski definition) is 4. The molecule has 2 fully saturated rings. The summed E-state index contributed by atoms with van der Waals surface area (Å²) in [5.41, 5.74) is 7.26. The molecule has 2 saturated heterocycles. The van der Waals surface area contributed by atoms with Crippen LogP contribution in [-0.2, 0) is 14.3 Å². The first kappa shape index (κ1) is 18.7. The SMILES string of the molecule is Cc1ccccc1C(CC(=O)N1CCC(C2OCCO2)CC1)NC(N)=O. The Bertz CT molecular complexity index is 637. The van der Waals surface area contributed by atoms with Crippen LogP contribution in [-0.4, -0.2) is 49.4 Å². The summed E-state index contributed by atoms with van der Waals surface area (Å²) in [4.78, 5) is 26.0. The van der Waals surface area contributed by atoms with Crippen LogP contribution in [0, 0.1) is 12.8 Å². The second-order valence-corrected chi connectivity index (χ2v) is 6.95. The van der Waals surface area contributed by atoms with Crippen molar-refractivity contribution in [3.8, 4) is 0 Å². The molecule has 7 heteroatoms. The van der Waals surface area contributed by atoms with E-state index >= 15 is 0 Å². The number of aryl methyl sites for hydroxylation is 1. The van der Waals surface area contributed by atoms with Crippen molar-refractivity contribution in [1.82, 2.24) is 10.2 Å². The van der Waals surface area contributed by atoms with Crippen molar-refractivity contribution < 1.29 is 19.1 Å². The zero-order chi connectivity index (χ0) is 18.5. The van der Waals surface area contributed by atoms with Crippen LogP contribution in [0.2, 0.25) is 0 Å². The van der Waals surface area contributed by atoms with Gasteiger partial charge in [-0.1, -0.05) is 24.3 Å². The highest BCUT2D eigenvalue weighted by Crippen LogP contribution is 2.27. The largest absolute Gasteiger partial charge is 0.352 e. The summed E-state index contributed by atoms with van der Waals surface area (Å²) < 4.78 is 11.2. The van der Waals surface area contributed by atoms with Gasteiger partial charge in [0.15, 0.2) is 6.29 Å². The second-order valence-electron chi connectivity index (χ2n) is 6.95. The number of benzene rings is 1. The molecule has 0 saturated carbocycles. The molecule has 2 aliphatic rings. The number of nitrogens with two attached hydrogens (primary N) is 1. The third-order valence-electron chi connectivity index (χ3n) is 5.18. The number of ether oxygens (including phenoxy) is 2. The maximum Gasteiger partial charge on any atom is 0.312 e. The highest BCUT2D eigenvalue weighted by atomic mass is 16.7. The minimum absolute atomic E-state index is 0.0266. The number of amides is 3. The number of nitrogens with zero attached hydrogens (tertiary/aromatic N) is 1. The van der Waals surface area contributed by atoms with Gasteiger partial charge in [-0.05, 0) is 30.9 Å². The fourth-order valence-electron chi connectivity index (χ4n) is 3.76. The normalized spacial score (nSPS) is 20.1. The molecular formula is C19H27N3O4. The predicted molar refractivity (Wildman–Crippen MR) is 96.3 cm³/mol. The molecule has 3 rings (SSSR count). The van der Waals surface area contributed by atoms with E-state index in [4.69, 9.17) is 15.2 Å². The van der Waals surface area contributed by atoms with Crippen LogP contribution in [0.4, 0.5) is 4.79 Å². The molecule has 3 amide bonds. The molecule has 2 aliphatic heterocycles. The van der Waals surface area contributed by atoms with E-state index < -0.39 is 12.1 Å². The molecular weight excluding hydrogens is 334 g/mol. The number of piperidine rings is 1. The molecule has 142 valence electrons. The van der Waals surface area contributed by atoms with E-state index in [0.29, 0.717) is 32.2 Å². The van der Waals surface area contributed by atoms with Crippen LogP contribution in [0.15, 0.2) is 24.3 Å². The monoisotopic (exact) mass is 361 g/mol. The highest BCUT2D eigenvalue weighted by molar-refractivity contribution is 5.79. The van der Waals surface area contributed by atoms with Crippen LogP contribution < -0.4 is 11.1 Å². The fourth-order valence-corrected chi connectivity index (χ4v) is 3.76. The number of hydrogen-bond donors (Lipinski definition) is 2. The summed E-state index contributed by atoms with van der Waals surface area (Å²) in [5.74, 6) is 0.371. The van der Waals surface area contributed by atoms with E-state index in [9.17, 15) is 9.59 Å². The minimum atomic E-state index is -0.625. The van der Waals surface area contributed by atoms with E-state index in [-0.39, 0.29) is 18.6 Å². The zero-order valence-electron chi connectivity index (χ0n) is 15.1. The van der Waals surface area contributed by atoms with Crippen molar-refractivity contribution >= 4 is 11.9 Å². The van der Waals surface area contributed by atoms with E-state index in [0.717, 1.165) is 24.0 Å². The summed E-state index contributed by atoms with van der Waals surface area (Å²) >= 11 is 0. The number of primary amides is 1. The lowest BCUT2D eigenvalue weighted by atomic mass is 9.94. The first-order chi connectivity index (χ1) is 12.5. The van der Waals surface area contributed by atoms with E-state index in [1.54, 1.807) is 0 Å². The number of urea groups is 1. The summed E-state index contributed by atoms with van der Waals surface area (Å²) in [6.07, 6.45) is 1.82. The molecule has 1 aromatic rings. The van der Waals surface area contributed by atoms with Crippen molar-refractivity contribution in [3.05, 3.63) is 35.4 Å². The Morgan fingerprint density at radius 3 is 2.50 bits per heavy atom. The Labute approximate surface area is 153 Å². The number of rotatable bonds is 5. The smallest absolute Gasteiger partial charge is 0.312 e. The molecule has 0 bridgehead atoms. The third kappa shape index (κ3) is 4.53. The molecule has 2 heterocycles. The molecule has 0 aliphatic carbocycles. The topological polar surface area (TPSA) is 93.9 Å². The zero-order valence-corrected chi connectivity index (χ0v) is 15.1. The third-order valence-corrected chi connectivity index (χ3v) is 5.18. The van der Waals surface area contributed by atoms with Crippen LogP contribution in [0.25, 0.3) is 0 Å². The van der Waals surface area contributed by atoms with Crippen molar-refractivity contribution in [3.63, 3.8) is 0 Å². The highest BCUT2D eigenvalue weighted by Gasteiger charge is 2.32. The standard InChI is InChI=1S/C19H27N3O4/c1-13-4-2-3-5-15(13)16(21-19(20)24)12-17(23)22-8-6-14(7-9-22)18-25-10-11-26-18/h2-5,14,16,18H,6-12H2,1H3,(H3,20,21,24). The molecule has 1 unspecified atom stereocenters. The van der Waals surface area contributed by atoms with Gasteiger partial charge in [0.2, 0.25) is 5.91 Å². The van der Waals surface area contributed by atoms with Crippen LogP contribution >= 0.6 is 0 Å². The Kier molecular flexibility index (Phi) is 6.11. The first-order valence-electron chi connectivity index (χ1n) is 9.17. The molecule has 3 N–H and O–H groups in total. The summed E-state index contributed by atoms with van der Waals surface area (Å²) in [7, 11) is 0. The molecule has 26 heavy (non-hydrogen) atoms. The van der Waals surface area contributed by atoms with Gasteiger partial charge in [-0.3, -0.25) is 4.79 Å². The molecule has 1 atom stereocenters. The van der Waals surface area contributed by atoms with Gasteiger partial charge in [-0.2, -0.15) is 0 Å². The van der Waals surface area contributed by atoms with Crippen molar-refractivity contribution in [1.29, 1.82) is 0 Å². The van der Waals surface area contributed by atoms with Gasteiger partial charge in [0.05, 0.1) is 25.7 Å². The molecule has 0 radical (unpaired) electrons. The minimum Gasteiger partial charge on any atom is -0.352 e. The average molecular weight is 361 g/mol. The van der Waals surface area contributed by atoms with Gasteiger partial charge in [-0.15, -0.1) is 0 Å². The summed E-state index contributed by atoms with van der Waals surface area (Å²) in [6, 6.07) is 6.67. The lowest BCUT2D eigenvalue weighted by Crippen LogP contribution is -2.43. The van der Waals surface area contributed by atoms with Gasteiger partial charge in [0, 0.05) is 19.0 Å². The van der Waals surface area contributed by atoms with Crippen molar-refractivity contribution in [2.75, 3.05) is 26.3 Å². The molecule has 0 aromatic heterocycles. The number of carbonyl (C=O) groups is 2. The van der Waals surface area contributed by atoms with Crippen LogP contribution in [0.1, 0.15) is 36.4 Å². The molecule has 1 aromatic carbocycles. The average Bonchev–Trinajstić information content (AvgIpc) is 3.16. The number of likely N-dealkylation sites (tertiary alicyclic amines) is 1.